The van der Waals surface area contributed by atoms with Crippen LogP contribution in [0, 0.1) is 0 Å². The summed E-state index contributed by atoms with van der Waals surface area (Å²) in [7, 11) is -3.75. The van der Waals surface area contributed by atoms with Crippen LogP contribution >= 0.6 is 31.9 Å². The van der Waals surface area contributed by atoms with Crippen molar-refractivity contribution in [2.24, 2.45) is 0 Å². The van der Waals surface area contributed by atoms with E-state index in [0.29, 0.717) is 27.0 Å². The van der Waals surface area contributed by atoms with Crippen LogP contribution in [0.1, 0.15) is 6.92 Å². The van der Waals surface area contributed by atoms with Crippen molar-refractivity contribution in [3.63, 3.8) is 0 Å². The molecule has 8 heteroatoms. The van der Waals surface area contributed by atoms with E-state index in [-0.39, 0.29) is 4.90 Å². The van der Waals surface area contributed by atoms with Gasteiger partial charge >= 0.3 is 0 Å². The number of hydrogen-bond acceptors (Lipinski definition) is 4. The first-order chi connectivity index (χ1) is 9.95. The summed E-state index contributed by atoms with van der Waals surface area (Å²) < 4.78 is 29.0. The van der Waals surface area contributed by atoms with Gasteiger partial charge in [0.25, 0.3) is 10.0 Å². The van der Waals surface area contributed by atoms with Crippen LogP contribution in [0.3, 0.4) is 0 Å². The summed E-state index contributed by atoms with van der Waals surface area (Å²) >= 11 is 6.67. The predicted molar refractivity (Wildman–Crippen MR) is 91.1 cm³/mol. The van der Waals surface area contributed by atoms with Gasteiger partial charge in [0, 0.05) is 21.7 Å². The van der Waals surface area contributed by atoms with Crippen molar-refractivity contribution < 1.29 is 8.42 Å². The molecule has 112 valence electrons. The van der Waals surface area contributed by atoms with Crippen molar-refractivity contribution in [2.45, 2.75) is 11.8 Å². The Labute approximate surface area is 140 Å². The fraction of sp³-hybridized carbons (Fsp3) is 0.154. The molecular formula is C13H13Br2N3O2S. The van der Waals surface area contributed by atoms with Crippen LogP contribution in [-0.4, -0.2) is 19.9 Å². The topological polar surface area (TPSA) is 71.1 Å². The van der Waals surface area contributed by atoms with E-state index in [9.17, 15) is 8.42 Å². The maximum Gasteiger partial charge on any atom is 0.265 e. The van der Waals surface area contributed by atoms with Gasteiger partial charge in [-0.1, -0.05) is 6.07 Å². The second kappa shape index (κ2) is 6.76. The zero-order chi connectivity index (χ0) is 15.5. The van der Waals surface area contributed by atoms with Gasteiger partial charge in [-0.05, 0) is 63.0 Å². The van der Waals surface area contributed by atoms with Crippen molar-refractivity contribution in [3.8, 4) is 0 Å². The number of hydrogen-bond donors (Lipinski definition) is 2. The van der Waals surface area contributed by atoms with Gasteiger partial charge in [0.05, 0.1) is 5.69 Å². The van der Waals surface area contributed by atoms with Gasteiger partial charge in [0.1, 0.15) is 10.7 Å². The van der Waals surface area contributed by atoms with Crippen LogP contribution in [0.2, 0.25) is 0 Å². The molecule has 0 aliphatic rings. The molecule has 0 bridgehead atoms. The Morgan fingerprint density at radius 3 is 2.43 bits per heavy atom. The zero-order valence-corrected chi connectivity index (χ0v) is 15.1. The highest BCUT2D eigenvalue weighted by Crippen LogP contribution is 2.33. The summed E-state index contributed by atoms with van der Waals surface area (Å²) in [4.78, 5) is 4.17. The summed E-state index contributed by atoms with van der Waals surface area (Å²) in [5.74, 6) is 0.329. The van der Waals surface area contributed by atoms with Gasteiger partial charge in [-0.2, -0.15) is 0 Å². The Kier molecular flexibility index (Phi) is 5.23. The lowest BCUT2D eigenvalue weighted by atomic mass is 10.3. The highest BCUT2D eigenvalue weighted by molar-refractivity contribution is 9.11. The minimum atomic E-state index is -3.75. The minimum Gasteiger partial charge on any atom is -0.369 e. The normalized spacial score (nSPS) is 11.2. The standard InChI is InChI=1S/C13H13Br2N3O2S/c1-2-16-13-11(7-4-8-17-13)21(19,20)18-12-9(14)5-3-6-10(12)15/h3-8,18H,2H2,1H3,(H,16,17). The number of para-hydroxylation sites is 1. The van der Waals surface area contributed by atoms with E-state index in [0.717, 1.165) is 0 Å². The average Bonchev–Trinajstić information content (AvgIpc) is 2.44. The van der Waals surface area contributed by atoms with Gasteiger partial charge < -0.3 is 5.32 Å². The molecule has 0 spiro atoms. The monoisotopic (exact) mass is 433 g/mol. The lowest BCUT2D eigenvalue weighted by Crippen LogP contribution is -2.16. The number of rotatable bonds is 5. The van der Waals surface area contributed by atoms with Crippen LogP contribution in [0.25, 0.3) is 0 Å². The van der Waals surface area contributed by atoms with Gasteiger partial charge in [-0.25, -0.2) is 13.4 Å². The average molecular weight is 435 g/mol. The molecule has 0 radical (unpaired) electrons. The first-order valence-corrected chi connectivity index (χ1v) is 9.18. The van der Waals surface area contributed by atoms with E-state index in [1.807, 2.05) is 6.92 Å². The molecule has 0 unspecified atom stereocenters. The molecule has 0 aliphatic heterocycles. The predicted octanol–water partition coefficient (Wildman–Crippen LogP) is 3.84. The van der Waals surface area contributed by atoms with E-state index in [4.69, 9.17) is 0 Å². The van der Waals surface area contributed by atoms with Crippen LogP contribution in [0.5, 0.6) is 0 Å². The van der Waals surface area contributed by atoms with Crippen LogP contribution in [0.15, 0.2) is 50.4 Å². The van der Waals surface area contributed by atoms with Crippen molar-refractivity contribution in [3.05, 3.63) is 45.5 Å². The molecule has 2 N–H and O–H groups in total. The van der Waals surface area contributed by atoms with Crippen LogP contribution in [-0.2, 0) is 10.0 Å². The second-order valence-electron chi connectivity index (χ2n) is 4.08. The quantitative estimate of drug-likeness (QED) is 0.749. The second-order valence-corrected chi connectivity index (χ2v) is 7.44. The summed E-state index contributed by atoms with van der Waals surface area (Å²) in [5.41, 5.74) is 0.448. The molecule has 5 nitrogen and oxygen atoms in total. The van der Waals surface area contributed by atoms with Gasteiger partial charge in [0.15, 0.2) is 0 Å². The third-order valence-electron chi connectivity index (χ3n) is 2.60. The van der Waals surface area contributed by atoms with Gasteiger partial charge in [-0.3, -0.25) is 4.72 Å². The SMILES string of the molecule is CCNc1ncccc1S(=O)(=O)Nc1c(Br)cccc1Br. The smallest absolute Gasteiger partial charge is 0.265 e. The molecule has 0 fully saturated rings. The molecule has 0 saturated heterocycles. The summed E-state index contributed by atoms with van der Waals surface area (Å²) in [6, 6.07) is 8.43. The molecule has 2 rings (SSSR count). The van der Waals surface area contributed by atoms with E-state index < -0.39 is 10.0 Å². The largest absolute Gasteiger partial charge is 0.369 e. The highest BCUT2D eigenvalue weighted by atomic mass is 79.9. The number of anilines is 2. The van der Waals surface area contributed by atoms with Gasteiger partial charge in [-0.15, -0.1) is 0 Å². The Bertz CT molecular complexity index is 731. The summed E-state index contributed by atoms with van der Waals surface area (Å²) in [6.07, 6.45) is 1.55. The molecule has 0 atom stereocenters. The number of aromatic nitrogens is 1. The number of pyridine rings is 1. The Balaban J connectivity index is 2.44. The summed E-state index contributed by atoms with van der Waals surface area (Å²) in [5, 5.41) is 2.94. The molecule has 1 aromatic heterocycles. The van der Waals surface area contributed by atoms with Crippen molar-refractivity contribution in [1.82, 2.24) is 4.98 Å². The lowest BCUT2D eigenvalue weighted by Gasteiger charge is -2.14. The number of nitrogens with zero attached hydrogens (tertiary/aromatic N) is 1. The molecule has 0 amide bonds. The number of benzene rings is 1. The minimum absolute atomic E-state index is 0.106. The van der Waals surface area contributed by atoms with Crippen LogP contribution < -0.4 is 10.0 Å². The van der Waals surface area contributed by atoms with E-state index >= 15 is 0 Å². The molecular weight excluding hydrogens is 422 g/mol. The van der Waals surface area contributed by atoms with Crippen molar-refractivity contribution >= 4 is 53.4 Å². The fourth-order valence-corrected chi connectivity index (χ4v) is 4.39. The highest BCUT2D eigenvalue weighted by Gasteiger charge is 2.21. The molecule has 1 aromatic carbocycles. The zero-order valence-electron chi connectivity index (χ0n) is 11.1. The maximum atomic E-state index is 12.6. The molecule has 0 aliphatic carbocycles. The van der Waals surface area contributed by atoms with E-state index in [1.165, 1.54) is 6.07 Å². The summed E-state index contributed by atoms with van der Waals surface area (Å²) in [6.45, 7) is 2.46. The van der Waals surface area contributed by atoms with Crippen LogP contribution in [0.4, 0.5) is 11.5 Å². The Morgan fingerprint density at radius 2 is 1.81 bits per heavy atom. The molecule has 21 heavy (non-hydrogen) atoms. The maximum absolute atomic E-state index is 12.6. The van der Waals surface area contributed by atoms with Gasteiger partial charge in [0.2, 0.25) is 0 Å². The Hall–Kier alpha value is -1.12. The third kappa shape index (κ3) is 3.75. The number of sulfonamides is 1. The molecule has 0 saturated carbocycles. The third-order valence-corrected chi connectivity index (χ3v) is 5.31. The Morgan fingerprint density at radius 1 is 1.14 bits per heavy atom. The molecule has 2 aromatic rings. The first-order valence-electron chi connectivity index (χ1n) is 6.11. The molecule has 1 heterocycles. The lowest BCUT2D eigenvalue weighted by molar-refractivity contribution is 0.601. The van der Waals surface area contributed by atoms with E-state index in [1.54, 1.807) is 30.5 Å². The van der Waals surface area contributed by atoms with Crippen molar-refractivity contribution in [2.75, 3.05) is 16.6 Å². The first kappa shape index (κ1) is 16.3. The number of nitrogens with one attached hydrogen (secondary N) is 2. The number of halogens is 2. The van der Waals surface area contributed by atoms with Crippen molar-refractivity contribution in [1.29, 1.82) is 0 Å². The van der Waals surface area contributed by atoms with E-state index in [2.05, 4.69) is 46.9 Å². The fourth-order valence-electron chi connectivity index (χ4n) is 1.69.